The smallest absolute Gasteiger partial charge is 0.332 e. The first-order chi connectivity index (χ1) is 7.78. The van der Waals surface area contributed by atoms with E-state index in [0.717, 1.165) is 6.08 Å². The molecule has 0 amide bonds. The van der Waals surface area contributed by atoms with Crippen LogP contribution in [0.5, 0.6) is 0 Å². The molecule has 0 bridgehead atoms. The van der Waals surface area contributed by atoms with Crippen molar-refractivity contribution in [3.05, 3.63) is 12.7 Å². The number of rotatable bonds is 7. The summed E-state index contributed by atoms with van der Waals surface area (Å²) < 4.78 is 4.35. The van der Waals surface area contributed by atoms with Crippen molar-refractivity contribution in [2.75, 3.05) is 6.61 Å². The van der Waals surface area contributed by atoms with Gasteiger partial charge in [0.05, 0.1) is 6.61 Å². The van der Waals surface area contributed by atoms with Gasteiger partial charge in [0.15, 0.2) is 0 Å². The zero-order valence-electron chi connectivity index (χ0n) is 8.58. The average molecular weight is 246 g/mol. The first-order valence-electron chi connectivity index (χ1n) is 4.28. The van der Waals surface area contributed by atoms with Crippen LogP contribution in [0.2, 0.25) is 0 Å². The summed E-state index contributed by atoms with van der Waals surface area (Å²) in [4.78, 5) is 42.8. The van der Waals surface area contributed by atoms with Crippen LogP contribution in [0.15, 0.2) is 12.7 Å². The van der Waals surface area contributed by atoms with Gasteiger partial charge in [-0.2, -0.15) is 0 Å². The molecule has 8 nitrogen and oxygen atoms in total. The Morgan fingerprint density at radius 1 is 1.06 bits per heavy atom. The fourth-order valence-electron chi connectivity index (χ4n) is 0.959. The van der Waals surface area contributed by atoms with Crippen molar-refractivity contribution in [2.45, 2.75) is 6.42 Å². The van der Waals surface area contributed by atoms with E-state index in [0.29, 0.717) is 0 Å². The molecule has 0 saturated carbocycles. The lowest BCUT2D eigenvalue weighted by Gasteiger charge is -2.19. The Bertz CT molecular complexity index is 333. The fourth-order valence-corrected chi connectivity index (χ4v) is 0.959. The van der Waals surface area contributed by atoms with Crippen LogP contribution in [0.25, 0.3) is 0 Å². The highest BCUT2D eigenvalue weighted by molar-refractivity contribution is 6.16. The lowest BCUT2D eigenvalue weighted by molar-refractivity contribution is -0.178. The Kier molecular flexibility index (Phi) is 4.85. The largest absolute Gasteiger partial charge is 0.480 e. The van der Waals surface area contributed by atoms with Crippen molar-refractivity contribution < 1.29 is 39.2 Å². The normalized spacial score (nSPS) is 10.4. The van der Waals surface area contributed by atoms with E-state index in [2.05, 4.69) is 11.3 Å². The molecule has 0 rings (SSSR count). The van der Waals surface area contributed by atoms with E-state index < -0.39 is 42.3 Å². The SMILES string of the molecule is C=CC(=O)OCCC(C(=O)O)(C(=O)O)C(=O)O. The Balaban J connectivity index is 4.89. The van der Waals surface area contributed by atoms with Gasteiger partial charge in [-0.1, -0.05) is 6.58 Å². The van der Waals surface area contributed by atoms with E-state index in [9.17, 15) is 19.2 Å². The van der Waals surface area contributed by atoms with Gasteiger partial charge in [-0.05, 0) is 0 Å². The Labute approximate surface area is 95.1 Å². The summed E-state index contributed by atoms with van der Waals surface area (Å²) in [5.74, 6) is -7.01. The molecule has 3 N–H and O–H groups in total. The van der Waals surface area contributed by atoms with Gasteiger partial charge in [0.2, 0.25) is 0 Å². The van der Waals surface area contributed by atoms with Crippen molar-refractivity contribution in [2.24, 2.45) is 5.41 Å². The summed E-state index contributed by atoms with van der Waals surface area (Å²) in [5.41, 5.74) is -3.03. The second-order valence-corrected chi connectivity index (χ2v) is 2.94. The summed E-state index contributed by atoms with van der Waals surface area (Å²) in [6, 6.07) is 0. The molecule has 0 saturated heterocycles. The van der Waals surface area contributed by atoms with E-state index in [1.165, 1.54) is 0 Å². The van der Waals surface area contributed by atoms with Crippen molar-refractivity contribution in [3.63, 3.8) is 0 Å². The van der Waals surface area contributed by atoms with Crippen LogP contribution in [0.1, 0.15) is 6.42 Å². The molecule has 0 aliphatic heterocycles. The zero-order valence-corrected chi connectivity index (χ0v) is 8.58. The third-order valence-corrected chi connectivity index (χ3v) is 1.98. The van der Waals surface area contributed by atoms with Gasteiger partial charge in [0, 0.05) is 12.5 Å². The zero-order chi connectivity index (χ0) is 13.6. The summed E-state index contributed by atoms with van der Waals surface area (Å²) in [5, 5.41) is 26.0. The van der Waals surface area contributed by atoms with Crippen LogP contribution in [0.3, 0.4) is 0 Å². The van der Waals surface area contributed by atoms with Crippen molar-refractivity contribution in [3.8, 4) is 0 Å². The van der Waals surface area contributed by atoms with E-state index in [4.69, 9.17) is 15.3 Å². The van der Waals surface area contributed by atoms with Gasteiger partial charge in [0.25, 0.3) is 5.41 Å². The Hall–Kier alpha value is -2.38. The highest BCUT2D eigenvalue weighted by Gasteiger charge is 2.54. The molecule has 0 heterocycles. The minimum absolute atomic E-state index is 0.657. The van der Waals surface area contributed by atoms with Crippen LogP contribution >= 0.6 is 0 Å². The van der Waals surface area contributed by atoms with Gasteiger partial charge >= 0.3 is 23.9 Å². The van der Waals surface area contributed by atoms with E-state index in [-0.39, 0.29) is 0 Å². The molecule has 0 fully saturated rings. The molecule has 0 radical (unpaired) electrons. The minimum Gasteiger partial charge on any atom is -0.480 e. The van der Waals surface area contributed by atoms with Crippen LogP contribution in [0.4, 0.5) is 0 Å². The highest BCUT2D eigenvalue weighted by Crippen LogP contribution is 2.23. The molecule has 0 aromatic heterocycles. The number of carboxylic acid groups (broad SMARTS) is 3. The maximum Gasteiger partial charge on any atom is 0.332 e. The number of hydrogen-bond donors (Lipinski definition) is 3. The predicted octanol–water partition coefficient (Wildman–Crippen LogP) is -0.654. The molecule has 8 heteroatoms. The van der Waals surface area contributed by atoms with E-state index >= 15 is 0 Å². The minimum atomic E-state index is -3.03. The molecule has 0 atom stereocenters. The van der Waals surface area contributed by atoms with E-state index in [1.54, 1.807) is 0 Å². The number of hydrogen-bond acceptors (Lipinski definition) is 5. The lowest BCUT2D eigenvalue weighted by atomic mass is 9.85. The molecule has 0 unspecified atom stereocenters. The quantitative estimate of drug-likeness (QED) is 0.306. The Morgan fingerprint density at radius 2 is 1.47 bits per heavy atom. The monoisotopic (exact) mass is 246 g/mol. The molecular formula is C9H10O8. The van der Waals surface area contributed by atoms with Crippen LogP contribution in [-0.4, -0.2) is 45.8 Å². The second-order valence-electron chi connectivity index (χ2n) is 2.94. The molecule has 0 aliphatic rings. The van der Waals surface area contributed by atoms with Gasteiger partial charge in [-0.3, -0.25) is 14.4 Å². The fraction of sp³-hybridized carbons (Fsp3) is 0.333. The number of aliphatic carboxylic acids is 3. The summed E-state index contributed by atoms with van der Waals surface area (Å²) in [7, 11) is 0. The molecule has 17 heavy (non-hydrogen) atoms. The van der Waals surface area contributed by atoms with E-state index in [1.807, 2.05) is 0 Å². The molecule has 94 valence electrons. The van der Waals surface area contributed by atoms with Crippen LogP contribution in [0, 0.1) is 5.41 Å². The Morgan fingerprint density at radius 3 is 1.76 bits per heavy atom. The second kappa shape index (κ2) is 5.64. The number of ether oxygens (including phenoxy) is 1. The first-order valence-corrected chi connectivity index (χ1v) is 4.28. The molecule has 0 aliphatic carbocycles. The highest BCUT2D eigenvalue weighted by atomic mass is 16.5. The maximum atomic E-state index is 10.7. The third kappa shape index (κ3) is 3.03. The molecule has 0 spiro atoms. The molecular weight excluding hydrogens is 236 g/mol. The number of carbonyl (C=O) groups is 4. The standard InChI is InChI=1S/C9H10O8/c1-2-5(10)17-4-3-9(6(11)12,7(13)14)8(15)16/h2H,1,3-4H2,(H,11,12)(H,13,14)(H,15,16). The average Bonchev–Trinajstić information content (AvgIpc) is 2.22. The van der Waals surface area contributed by atoms with Crippen LogP contribution in [-0.2, 0) is 23.9 Å². The summed E-state index contributed by atoms with van der Waals surface area (Å²) in [6.45, 7) is 2.40. The molecule has 0 aromatic carbocycles. The lowest BCUT2D eigenvalue weighted by Crippen LogP contribution is -2.47. The topological polar surface area (TPSA) is 138 Å². The van der Waals surface area contributed by atoms with Gasteiger partial charge in [0.1, 0.15) is 0 Å². The van der Waals surface area contributed by atoms with Gasteiger partial charge in [-0.25, -0.2) is 4.79 Å². The number of carbonyl (C=O) groups excluding carboxylic acids is 1. The van der Waals surface area contributed by atoms with Crippen molar-refractivity contribution >= 4 is 23.9 Å². The van der Waals surface area contributed by atoms with Crippen LogP contribution < -0.4 is 0 Å². The summed E-state index contributed by atoms with van der Waals surface area (Å²) >= 11 is 0. The first kappa shape index (κ1) is 14.6. The number of esters is 1. The number of carboxylic acids is 3. The van der Waals surface area contributed by atoms with Crippen molar-refractivity contribution in [1.82, 2.24) is 0 Å². The van der Waals surface area contributed by atoms with Gasteiger partial charge < -0.3 is 20.1 Å². The molecule has 0 aromatic rings. The predicted molar refractivity (Wildman–Crippen MR) is 51.1 cm³/mol. The van der Waals surface area contributed by atoms with Crippen molar-refractivity contribution in [1.29, 1.82) is 0 Å². The third-order valence-electron chi connectivity index (χ3n) is 1.98. The maximum absolute atomic E-state index is 10.7. The van der Waals surface area contributed by atoms with Gasteiger partial charge in [-0.15, -0.1) is 0 Å². The summed E-state index contributed by atoms with van der Waals surface area (Å²) in [6.07, 6.45) is -0.101.